The molecule has 0 aliphatic heterocycles. The molecule has 4 rings (SSSR count). The summed E-state index contributed by atoms with van der Waals surface area (Å²) in [5.41, 5.74) is 1.45. The van der Waals surface area contributed by atoms with Crippen LogP contribution in [0.3, 0.4) is 0 Å². The Morgan fingerprint density at radius 2 is 1.94 bits per heavy atom. The van der Waals surface area contributed by atoms with E-state index in [9.17, 15) is 19.7 Å². The van der Waals surface area contributed by atoms with Crippen molar-refractivity contribution < 1.29 is 28.4 Å². The highest BCUT2D eigenvalue weighted by Crippen LogP contribution is 2.44. The summed E-state index contributed by atoms with van der Waals surface area (Å²) in [5, 5.41) is 14.8. The van der Waals surface area contributed by atoms with Crippen molar-refractivity contribution in [3.63, 3.8) is 0 Å². The lowest BCUT2D eigenvalue weighted by Crippen LogP contribution is -2.26. The predicted octanol–water partition coefficient (Wildman–Crippen LogP) is 6.11. The van der Waals surface area contributed by atoms with Crippen LogP contribution in [0.25, 0.3) is 11.3 Å². The molecule has 1 unspecified atom stereocenters. The molecule has 1 aliphatic carbocycles. The predicted molar refractivity (Wildman–Crippen MR) is 136 cm³/mol. The molecule has 3 aromatic rings. The third-order valence-electron chi connectivity index (χ3n) is 6.60. The smallest absolute Gasteiger partial charge is 0.341 e. The van der Waals surface area contributed by atoms with Crippen molar-refractivity contribution in [1.82, 2.24) is 0 Å². The van der Waals surface area contributed by atoms with Gasteiger partial charge >= 0.3 is 5.97 Å². The molecular formula is C26H28N2O7S. The summed E-state index contributed by atoms with van der Waals surface area (Å²) in [4.78, 5) is 37.8. The third-order valence-corrected chi connectivity index (χ3v) is 7.77. The Hall–Kier alpha value is -3.66. The van der Waals surface area contributed by atoms with Gasteiger partial charge < -0.3 is 19.2 Å². The van der Waals surface area contributed by atoms with Crippen molar-refractivity contribution >= 4 is 33.9 Å². The molecule has 2 aromatic heterocycles. The van der Waals surface area contributed by atoms with Gasteiger partial charge in [0.2, 0.25) is 0 Å². The number of nitrogens with one attached hydrogen (secondary N) is 1. The molecule has 0 fully saturated rings. The summed E-state index contributed by atoms with van der Waals surface area (Å²) in [5.74, 6) is -0.128. The zero-order chi connectivity index (χ0) is 26.2. The summed E-state index contributed by atoms with van der Waals surface area (Å²) in [7, 11) is 2.74. The normalized spacial score (nSPS) is 15.2. The number of thiophene rings is 1. The fraction of sp³-hybridized carbons (Fsp3) is 0.385. The van der Waals surface area contributed by atoms with Crippen molar-refractivity contribution in [3.8, 4) is 17.1 Å². The van der Waals surface area contributed by atoms with Crippen LogP contribution in [0.2, 0.25) is 0 Å². The lowest BCUT2D eigenvalue weighted by Gasteiger charge is -2.33. The van der Waals surface area contributed by atoms with Gasteiger partial charge in [-0.05, 0) is 60.4 Å². The lowest BCUT2D eigenvalue weighted by atomic mass is 9.72. The molecule has 1 atom stereocenters. The molecule has 1 N–H and O–H groups in total. The van der Waals surface area contributed by atoms with Gasteiger partial charge in [0.05, 0.1) is 36.3 Å². The van der Waals surface area contributed by atoms with Crippen LogP contribution >= 0.6 is 11.3 Å². The van der Waals surface area contributed by atoms with Crippen LogP contribution < -0.4 is 10.1 Å². The number of ether oxygens (including phenoxy) is 2. The van der Waals surface area contributed by atoms with E-state index in [-0.39, 0.29) is 28.2 Å². The zero-order valence-corrected chi connectivity index (χ0v) is 21.6. The lowest BCUT2D eigenvalue weighted by molar-refractivity contribution is -0.384. The highest BCUT2D eigenvalue weighted by Gasteiger charge is 2.34. The maximum absolute atomic E-state index is 13.1. The summed E-state index contributed by atoms with van der Waals surface area (Å²) in [6, 6.07) is 7.32. The number of amides is 1. The zero-order valence-electron chi connectivity index (χ0n) is 20.8. The number of hydrogen-bond donors (Lipinski definition) is 1. The number of hydrogen-bond acceptors (Lipinski definition) is 8. The maximum atomic E-state index is 13.1. The number of nitro benzene ring substituents is 1. The van der Waals surface area contributed by atoms with Gasteiger partial charge in [-0.1, -0.05) is 20.8 Å². The Morgan fingerprint density at radius 3 is 2.58 bits per heavy atom. The Bertz CT molecular complexity index is 1330. The van der Waals surface area contributed by atoms with Gasteiger partial charge in [0.25, 0.3) is 11.6 Å². The highest BCUT2D eigenvalue weighted by atomic mass is 32.1. The van der Waals surface area contributed by atoms with Crippen LogP contribution in [-0.4, -0.2) is 31.0 Å². The topological polar surface area (TPSA) is 121 Å². The molecule has 1 aromatic carbocycles. The van der Waals surface area contributed by atoms with E-state index in [2.05, 4.69) is 26.1 Å². The van der Waals surface area contributed by atoms with Crippen LogP contribution in [0.15, 0.2) is 34.7 Å². The minimum Gasteiger partial charge on any atom is -0.497 e. The second-order valence-electron chi connectivity index (χ2n) is 9.76. The Balaban J connectivity index is 1.63. The molecule has 0 bridgehead atoms. The molecule has 1 aliphatic rings. The average Bonchev–Trinajstić information content (AvgIpc) is 3.47. The largest absolute Gasteiger partial charge is 0.497 e. The first-order valence-electron chi connectivity index (χ1n) is 11.5. The van der Waals surface area contributed by atoms with E-state index in [1.54, 1.807) is 6.07 Å². The number of nitro groups is 1. The van der Waals surface area contributed by atoms with Crippen LogP contribution in [0.4, 0.5) is 10.7 Å². The average molecular weight is 513 g/mol. The van der Waals surface area contributed by atoms with E-state index in [4.69, 9.17) is 13.9 Å². The number of carbonyl (C=O) groups is 2. The summed E-state index contributed by atoms with van der Waals surface area (Å²) in [6.07, 6.45) is 2.52. The van der Waals surface area contributed by atoms with Crippen LogP contribution in [0.5, 0.6) is 5.75 Å². The van der Waals surface area contributed by atoms with E-state index < -0.39 is 16.8 Å². The fourth-order valence-corrected chi connectivity index (χ4v) is 5.81. The molecule has 0 radical (unpaired) electrons. The van der Waals surface area contributed by atoms with Gasteiger partial charge in [0, 0.05) is 4.88 Å². The Kier molecular flexibility index (Phi) is 6.90. The quantitative estimate of drug-likeness (QED) is 0.240. The fourth-order valence-electron chi connectivity index (χ4n) is 4.50. The standard InChI is InChI=1S/C26H28N2O7S/c1-26(2,3)14-6-8-17-21(12-14)36-24(22(17)25(30)34-5)27-23(29)20-11-10-19(35-20)16-9-7-15(33-4)13-18(16)28(31)32/h7,9-11,13-14H,6,8,12H2,1-5H3,(H,27,29). The Labute approximate surface area is 212 Å². The number of esters is 1. The number of carbonyl (C=O) groups excluding carboxylic acids is 2. The molecular weight excluding hydrogens is 484 g/mol. The van der Waals surface area contributed by atoms with Gasteiger partial charge in [0.15, 0.2) is 5.76 Å². The summed E-state index contributed by atoms with van der Waals surface area (Å²) in [6.45, 7) is 6.63. The first-order chi connectivity index (χ1) is 17.0. The van der Waals surface area contributed by atoms with Gasteiger partial charge in [-0.25, -0.2) is 4.79 Å². The highest BCUT2D eigenvalue weighted by molar-refractivity contribution is 7.17. The minimum absolute atomic E-state index is 0.0372. The van der Waals surface area contributed by atoms with Crippen LogP contribution in [0.1, 0.15) is 58.5 Å². The van der Waals surface area contributed by atoms with Gasteiger partial charge in [0.1, 0.15) is 16.5 Å². The maximum Gasteiger partial charge on any atom is 0.341 e. The Morgan fingerprint density at radius 1 is 1.19 bits per heavy atom. The minimum atomic E-state index is -0.562. The van der Waals surface area contributed by atoms with Crippen molar-refractivity contribution in [2.45, 2.75) is 40.0 Å². The number of fused-ring (bicyclic) bond motifs is 1. The van der Waals surface area contributed by atoms with E-state index in [0.29, 0.717) is 22.2 Å². The van der Waals surface area contributed by atoms with Crippen molar-refractivity contribution in [1.29, 1.82) is 0 Å². The van der Waals surface area contributed by atoms with E-state index >= 15 is 0 Å². The number of methoxy groups -OCH3 is 2. The summed E-state index contributed by atoms with van der Waals surface area (Å²) >= 11 is 1.38. The first kappa shape index (κ1) is 25.4. The van der Waals surface area contributed by atoms with E-state index in [0.717, 1.165) is 29.7 Å². The number of benzene rings is 1. The number of nitrogens with zero attached hydrogens (tertiary/aromatic N) is 1. The van der Waals surface area contributed by atoms with Crippen molar-refractivity contribution in [3.05, 3.63) is 62.2 Å². The van der Waals surface area contributed by atoms with E-state index in [1.165, 1.54) is 49.8 Å². The number of anilines is 1. The molecule has 190 valence electrons. The molecule has 0 saturated heterocycles. The van der Waals surface area contributed by atoms with Crippen LogP contribution in [0, 0.1) is 21.4 Å². The molecule has 2 heterocycles. The van der Waals surface area contributed by atoms with Crippen LogP contribution in [-0.2, 0) is 17.6 Å². The monoisotopic (exact) mass is 512 g/mol. The number of rotatable bonds is 6. The molecule has 10 heteroatoms. The van der Waals surface area contributed by atoms with Gasteiger partial charge in [-0.3, -0.25) is 14.9 Å². The molecule has 0 saturated carbocycles. The SMILES string of the molecule is COC(=O)c1c(NC(=O)c2ccc(-c3ccc(OC)cc3[N+](=O)[O-])o2)sc2c1CCC(C(C)(C)C)C2. The molecule has 36 heavy (non-hydrogen) atoms. The number of furan rings is 1. The second-order valence-corrected chi connectivity index (χ2v) is 10.9. The van der Waals surface area contributed by atoms with Gasteiger partial charge in [-0.15, -0.1) is 11.3 Å². The second kappa shape index (κ2) is 9.77. The van der Waals surface area contributed by atoms with Crippen molar-refractivity contribution in [2.24, 2.45) is 11.3 Å². The summed E-state index contributed by atoms with van der Waals surface area (Å²) < 4.78 is 15.8. The first-order valence-corrected chi connectivity index (χ1v) is 12.3. The third kappa shape index (κ3) is 4.86. The van der Waals surface area contributed by atoms with Gasteiger partial charge in [-0.2, -0.15) is 0 Å². The molecule has 0 spiro atoms. The molecule has 1 amide bonds. The van der Waals surface area contributed by atoms with E-state index in [1.807, 2.05) is 0 Å². The van der Waals surface area contributed by atoms with Crippen molar-refractivity contribution in [2.75, 3.05) is 19.5 Å². The molecule has 9 nitrogen and oxygen atoms in total.